The molecule has 0 aliphatic heterocycles. The van der Waals surface area contributed by atoms with Gasteiger partial charge in [0, 0.05) is 17.9 Å². The molecule has 0 saturated heterocycles. The van der Waals surface area contributed by atoms with Crippen LogP contribution in [0.15, 0.2) is 18.2 Å². The lowest BCUT2D eigenvalue weighted by atomic mass is 9.71. The van der Waals surface area contributed by atoms with E-state index >= 15 is 0 Å². The summed E-state index contributed by atoms with van der Waals surface area (Å²) in [6.45, 7) is 12.1. The molecule has 3 rings (SSSR count). The Kier molecular flexibility index (Phi) is 11.4. The number of ketones is 3. The second-order valence-electron chi connectivity index (χ2n) is 10.4. The molecular formula is C31H46O3. The minimum absolute atomic E-state index is 0.0446. The van der Waals surface area contributed by atoms with Gasteiger partial charge in [0.25, 0.3) is 0 Å². The van der Waals surface area contributed by atoms with Crippen molar-refractivity contribution in [3.05, 3.63) is 40.5 Å². The Morgan fingerprint density at radius 2 is 1.79 bits per heavy atom. The highest BCUT2D eigenvalue weighted by molar-refractivity contribution is 6.01. The van der Waals surface area contributed by atoms with Crippen molar-refractivity contribution in [3.8, 4) is 0 Å². The van der Waals surface area contributed by atoms with E-state index in [2.05, 4.69) is 52.8 Å². The van der Waals surface area contributed by atoms with Gasteiger partial charge in [0.2, 0.25) is 0 Å². The number of benzene rings is 1. The number of hydrogen-bond acceptors (Lipinski definition) is 3. The maximum absolute atomic E-state index is 13.2. The molecular weight excluding hydrogens is 420 g/mol. The van der Waals surface area contributed by atoms with E-state index in [9.17, 15) is 14.4 Å². The number of Topliss-reactive ketones (excluding diaryl/α,β-unsaturated/α-hetero) is 3. The number of rotatable bonds is 10. The Morgan fingerprint density at radius 3 is 2.35 bits per heavy atom. The van der Waals surface area contributed by atoms with Crippen LogP contribution >= 0.6 is 0 Å². The van der Waals surface area contributed by atoms with Gasteiger partial charge in [-0.05, 0) is 86.5 Å². The van der Waals surface area contributed by atoms with Gasteiger partial charge in [-0.2, -0.15) is 0 Å². The van der Waals surface area contributed by atoms with Crippen LogP contribution in [0, 0.1) is 24.7 Å². The lowest BCUT2D eigenvalue weighted by Crippen LogP contribution is -2.30. The van der Waals surface area contributed by atoms with Gasteiger partial charge < -0.3 is 0 Å². The molecule has 0 fully saturated rings. The van der Waals surface area contributed by atoms with Crippen LogP contribution in [-0.2, 0) is 16.0 Å². The van der Waals surface area contributed by atoms with E-state index in [-0.39, 0.29) is 41.5 Å². The zero-order chi connectivity index (χ0) is 25.3. The predicted octanol–water partition coefficient (Wildman–Crippen LogP) is 8.10. The SMILES string of the molecule is CCC.CCCC(CC1CC(=O)c2c(ccc(C3=CCCC3)c2C)C1)C(CC)C(=O)CC(C)=O. The average molecular weight is 467 g/mol. The summed E-state index contributed by atoms with van der Waals surface area (Å²) in [4.78, 5) is 37.4. The van der Waals surface area contributed by atoms with Gasteiger partial charge in [-0.3, -0.25) is 14.4 Å². The average Bonchev–Trinajstić information content (AvgIpc) is 3.29. The van der Waals surface area contributed by atoms with E-state index in [4.69, 9.17) is 0 Å². The molecule has 0 saturated carbocycles. The molecule has 0 amide bonds. The second-order valence-corrected chi connectivity index (χ2v) is 10.4. The third-order valence-electron chi connectivity index (χ3n) is 7.34. The molecule has 34 heavy (non-hydrogen) atoms. The first-order valence-electron chi connectivity index (χ1n) is 13.6. The summed E-state index contributed by atoms with van der Waals surface area (Å²) in [6.07, 6.45) is 12.2. The van der Waals surface area contributed by atoms with Crippen LogP contribution in [0.4, 0.5) is 0 Å². The van der Waals surface area contributed by atoms with Gasteiger partial charge in [0.15, 0.2) is 5.78 Å². The van der Waals surface area contributed by atoms with Crippen LogP contribution in [0.2, 0.25) is 0 Å². The third-order valence-corrected chi connectivity index (χ3v) is 7.34. The monoisotopic (exact) mass is 466 g/mol. The first-order chi connectivity index (χ1) is 16.3. The fraction of sp³-hybridized carbons (Fsp3) is 0.645. The molecule has 3 unspecified atom stereocenters. The van der Waals surface area contributed by atoms with E-state index in [0.29, 0.717) is 6.42 Å². The van der Waals surface area contributed by atoms with Gasteiger partial charge in [0.05, 0.1) is 6.42 Å². The van der Waals surface area contributed by atoms with Crippen molar-refractivity contribution in [3.63, 3.8) is 0 Å². The first kappa shape index (κ1) is 28.2. The Morgan fingerprint density at radius 1 is 1.09 bits per heavy atom. The van der Waals surface area contributed by atoms with Gasteiger partial charge in [0.1, 0.15) is 11.6 Å². The molecule has 188 valence electrons. The van der Waals surface area contributed by atoms with Crippen molar-refractivity contribution in [2.24, 2.45) is 17.8 Å². The van der Waals surface area contributed by atoms with Crippen LogP contribution in [-0.4, -0.2) is 17.3 Å². The number of hydrogen-bond donors (Lipinski definition) is 0. The summed E-state index contributed by atoms with van der Waals surface area (Å²) in [6, 6.07) is 4.39. The topological polar surface area (TPSA) is 51.2 Å². The van der Waals surface area contributed by atoms with Crippen molar-refractivity contribution in [2.45, 2.75) is 112 Å². The van der Waals surface area contributed by atoms with Crippen LogP contribution in [0.5, 0.6) is 0 Å². The van der Waals surface area contributed by atoms with Crippen LogP contribution in [0.3, 0.4) is 0 Å². The molecule has 0 aromatic heterocycles. The van der Waals surface area contributed by atoms with E-state index in [1.165, 1.54) is 36.5 Å². The van der Waals surface area contributed by atoms with Gasteiger partial charge in [-0.15, -0.1) is 0 Å². The van der Waals surface area contributed by atoms with Crippen LogP contribution in [0.25, 0.3) is 5.57 Å². The maximum atomic E-state index is 13.2. The van der Waals surface area contributed by atoms with Crippen molar-refractivity contribution >= 4 is 22.9 Å². The minimum atomic E-state index is -0.0706. The van der Waals surface area contributed by atoms with Gasteiger partial charge in [-0.25, -0.2) is 0 Å². The fourth-order valence-electron chi connectivity index (χ4n) is 5.99. The summed E-state index contributed by atoms with van der Waals surface area (Å²) >= 11 is 0. The summed E-state index contributed by atoms with van der Waals surface area (Å²) < 4.78 is 0. The summed E-state index contributed by atoms with van der Waals surface area (Å²) in [5.74, 6) is 0.767. The largest absolute Gasteiger partial charge is 0.300 e. The Balaban J connectivity index is 0.00000129. The quantitative estimate of drug-likeness (QED) is 0.327. The smallest absolute Gasteiger partial charge is 0.163 e. The molecule has 0 heterocycles. The zero-order valence-electron chi connectivity index (χ0n) is 22.5. The number of carbonyl (C=O) groups excluding carboxylic acids is 3. The predicted molar refractivity (Wildman–Crippen MR) is 142 cm³/mol. The van der Waals surface area contributed by atoms with E-state index in [1.54, 1.807) is 0 Å². The highest BCUT2D eigenvalue weighted by Crippen LogP contribution is 2.39. The Hall–Kier alpha value is -2.03. The molecule has 0 bridgehead atoms. The summed E-state index contributed by atoms with van der Waals surface area (Å²) in [5.41, 5.74) is 5.94. The standard InChI is InChI=1S/C28H38O3.C3H8/c1-5-9-22(24(6-2)26(30)14-18(3)29)15-20-16-23-12-13-25(21-10-7-8-11-21)19(4)28(23)27(31)17-20;1-3-2/h10,12-13,20,22,24H,5-9,11,14-17H2,1-4H3;3H2,1-2H3. The molecule has 0 N–H and O–H groups in total. The third kappa shape index (κ3) is 7.23. The van der Waals surface area contributed by atoms with E-state index in [1.807, 2.05) is 0 Å². The number of allylic oxidation sites excluding steroid dienone is 2. The van der Waals surface area contributed by atoms with Crippen molar-refractivity contribution in [2.75, 3.05) is 0 Å². The Labute approximate surface area is 207 Å². The highest BCUT2D eigenvalue weighted by atomic mass is 16.1. The molecule has 2 aliphatic carbocycles. The lowest BCUT2D eigenvalue weighted by Gasteiger charge is -2.32. The highest BCUT2D eigenvalue weighted by Gasteiger charge is 2.33. The minimum Gasteiger partial charge on any atom is -0.300 e. The molecule has 3 atom stereocenters. The summed E-state index contributed by atoms with van der Waals surface area (Å²) in [7, 11) is 0. The first-order valence-corrected chi connectivity index (χ1v) is 13.6. The maximum Gasteiger partial charge on any atom is 0.163 e. The normalized spacial score (nSPS) is 18.9. The van der Waals surface area contributed by atoms with Crippen LogP contribution < -0.4 is 0 Å². The van der Waals surface area contributed by atoms with E-state index < -0.39 is 0 Å². The molecule has 3 nitrogen and oxygen atoms in total. The summed E-state index contributed by atoms with van der Waals surface area (Å²) in [5, 5.41) is 0. The van der Waals surface area contributed by atoms with Crippen LogP contribution in [0.1, 0.15) is 126 Å². The number of carbonyl (C=O) groups is 3. The second kappa shape index (κ2) is 13.8. The zero-order valence-corrected chi connectivity index (χ0v) is 22.5. The van der Waals surface area contributed by atoms with Gasteiger partial charge in [-0.1, -0.05) is 65.2 Å². The molecule has 1 aromatic rings. The van der Waals surface area contributed by atoms with Crippen molar-refractivity contribution in [1.82, 2.24) is 0 Å². The van der Waals surface area contributed by atoms with E-state index in [0.717, 1.165) is 56.1 Å². The lowest BCUT2D eigenvalue weighted by molar-refractivity contribution is -0.129. The number of fused-ring (bicyclic) bond motifs is 1. The Bertz CT molecular complexity index is 892. The molecule has 3 heteroatoms. The molecule has 2 aliphatic rings. The van der Waals surface area contributed by atoms with Gasteiger partial charge >= 0.3 is 0 Å². The molecule has 0 spiro atoms. The van der Waals surface area contributed by atoms with Crippen molar-refractivity contribution < 1.29 is 14.4 Å². The van der Waals surface area contributed by atoms with Crippen molar-refractivity contribution in [1.29, 1.82) is 0 Å². The molecule has 0 radical (unpaired) electrons. The fourth-order valence-corrected chi connectivity index (χ4v) is 5.99. The molecule has 1 aromatic carbocycles.